The Balaban J connectivity index is 0.000000144. The molecule has 10 fully saturated rings. The molecular formula is C107H167N13O4. The number of piperidine rings is 2. The Morgan fingerprint density at radius 1 is 0.484 bits per heavy atom. The summed E-state index contributed by atoms with van der Waals surface area (Å²) >= 11 is 0. The Morgan fingerprint density at radius 3 is 1.72 bits per heavy atom. The summed E-state index contributed by atoms with van der Waals surface area (Å²) in [6.07, 6.45) is 32.7. The molecule has 124 heavy (non-hydrogen) atoms. The van der Waals surface area contributed by atoms with Crippen LogP contribution in [0, 0.1) is 17.8 Å². The molecule has 9 saturated heterocycles. The normalized spacial score (nSPS) is 30.4. The van der Waals surface area contributed by atoms with Crippen molar-refractivity contribution in [2.45, 2.75) is 289 Å². The second-order valence-corrected chi connectivity index (χ2v) is 39.2. The number of likely N-dealkylation sites (tertiary alicyclic amines) is 8. The second-order valence-electron chi connectivity index (χ2n) is 39.2. The highest BCUT2D eigenvalue weighted by Gasteiger charge is 2.38. The molecule has 18 atom stereocenters. The van der Waals surface area contributed by atoms with E-state index < -0.39 is 0 Å². The van der Waals surface area contributed by atoms with Gasteiger partial charge in [0.1, 0.15) is 11.9 Å². The van der Waals surface area contributed by atoms with Gasteiger partial charge >= 0.3 is 0 Å². The summed E-state index contributed by atoms with van der Waals surface area (Å²) in [7, 11) is 21.6. The molecule has 17 heteroatoms. The monoisotopic (exact) mass is 1700 g/mol. The number of aliphatic hydroxyl groups excluding tert-OH is 1. The van der Waals surface area contributed by atoms with E-state index in [9.17, 15) is 4.79 Å². The van der Waals surface area contributed by atoms with E-state index in [1.165, 1.54) is 154 Å². The van der Waals surface area contributed by atoms with Crippen LogP contribution in [0.15, 0.2) is 170 Å². The van der Waals surface area contributed by atoms with Crippen molar-refractivity contribution in [3.8, 4) is 5.75 Å². The topological polar surface area (TPSA) is 129 Å². The minimum Gasteiger partial charge on any atom is -0.489 e. The first-order valence-corrected chi connectivity index (χ1v) is 48.3. The third-order valence-electron chi connectivity index (χ3n) is 30.2. The van der Waals surface area contributed by atoms with Crippen molar-refractivity contribution in [2.24, 2.45) is 17.8 Å². The largest absolute Gasteiger partial charge is 0.489 e. The Bertz CT molecular complexity index is 4200. The van der Waals surface area contributed by atoms with Gasteiger partial charge < -0.3 is 59.2 Å². The number of rotatable bonds is 6. The number of aliphatic hydroxyl groups is 1. The Labute approximate surface area is 752 Å². The molecule has 1 saturated carbocycles. The van der Waals surface area contributed by atoms with E-state index >= 15 is 0 Å². The number of β-amino-alcohol motifs (C(OH)–C–C–N with tert-alkyl or cyclic N) is 1. The van der Waals surface area contributed by atoms with E-state index in [0.717, 1.165) is 142 Å². The van der Waals surface area contributed by atoms with Crippen molar-refractivity contribution in [1.82, 2.24) is 64.3 Å². The average molecular weight is 1700 g/mol. The van der Waals surface area contributed by atoms with Crippen molar-refractivity contribution in [3.05, 3.63) is 204 Å². The minimum absolute atomic E-state index is 0.0741. The SMILES string of the molecule is CC1C(c2ccccc2)CCN1C.CC1CC(O)CN1C.CC1CC(Oc2ccccc2)CN1C.CC1CC2C=CC=CC2CN1C.CC1CC2CCCCC2N1C.CC1CCC(=O)N1C.CC1CCCCN1C.CC1CCN1C.CC1Cc2c([nH]c3ccccc23)CN1C.CC1c2ccccc2CCN1C.c1ccc2nc(COC3CCNC3)ccc2c1. The van der Waals surface area contributed by atoms with E-state index in [4.69, 9.17) is 14.6 Å². The summed E-state index contributed by atoms with van der Waals surface area (Å²) in [5.41, 5.74) is 10.8. The maximum Gasteiger partial charge on any atom is 0.222 e. The molecule has 5 aromatic carbocycles. The van der Waals surface area contributed by atoms with Gasteiger partial charge in [-0.2, -0.15) is 0 Å². The molecule has 0 spiro atoms. The number of hydrogen-bond acceptors (Lipinski definition) is 15. The number of fused-ring (bicyclic) bond motifs is 7. The van der Waals surface area contributed by atoms with Crippen LogP contribution in [-0.2, 0) is 35.5 Å². The fourth-order valence-electron chi connectivity index (χ4n) is 19.9. The third-order valence-corrected chi connectivity index (χ3v) is 30.2. The molecular weight excluding hydrogens is 1530 g/mol. The van der Waals surface area contributed by atoms with Gasteiger partial charge in [-0.3, -0.25) is 24.5 Å². The molecule has 18 unspecified atom stereocenters. The molecule has 2 aromatic heterocycles. The summed E-state index contributed by atoms with van der Waals surface area (Å²) in [6, 6.07) is 58.5. The lowest BCUT2D eigenvalue weighted by molar-refractivity contribution is -0.127. The lowest BCUT2D eigenvalue weighted by Gasteiger charge is -2.39. The zero-order valence-electron chi connectivity index (χ0n) is 80.7. The number of likely N-dealkylation sites (N-methyl/N-ethyl adjacent to an activating group) is 5. The molecule has 1 amide bonds. The maximum atomic E-state index is 10.7. The number of aromatic nitrogens is 2. The number of pyridine rings is 1. The van der Waals surface area contributed by atoms with Crippen LogP contribution in [0.2, 0.25) is 0 Å². The van der Waals surface area contributed by atoms with Crippen molar-refractivity contribution in [3.63, 3.8) is 0 Å². The number of allylic oxidation sites excluding steroid dienone is 3. The number of nitrogens with zero attached hydrogens (tertiary/aromatic N) is 11. The van der Waals surface area contributed by atoms with Crippen molar-refractivity contribution < 1.29 is 19.4 Å². The van der Waals surface area contributed by atoms with Gasteiger partial charge in [0.25, 0.3) is 0 Å². The predicted molar refractivity (Wildman–Crippen MR) is 522 cm³/mol. The lowest BCUT2D eigenvalue weighted by Crippen LogP contribution is -2.42. The molecule has 7 aromatic rings. The highest BCUT2D eigenvalue weighted by Crippen LogP contribution is 2.39. The van der Waals surface area contributed by atoms with Crippen LogP contribution in [0.5, 0.6) is 5.75 Å². The second kappa shape index (κ2) is 50.3. The van der Waals surface area contributed by atoms with Crippen LogP contribution in [0.25, 0.3) is 21.8 Å². The first kappa shape index (κ1) is 99.5. The predicted octanol–water partition coefficient (Wildman–Crippen LogP) is 18.8. The molecule has 13 heterocycles. The third kappa shape index (κ3) is 30.0. The fraction of sp³-hybridized carbons (Fsp3) is 0.626. The number of para-hydroxylation sites is 3. The van der Waals surface area contributed by atoms with E-state index in [2.05, 4.69) is 300 Å². The van der Waals surface area contributed by atoms with Crippen molar-refractivity contribution in [2.75, 3.05) is 129 Å². The average Bonchev–Trinajstić information content (AvgIpc) is 1.63. The van der Waals surface area contributed by atoms with E-state index in [1.807, 2.05) is 68.7 Å². The smallest absolute Gasteiger partial charge is 0.222 e. The zero-order valence-corrected chi connectivity index (χ0v) is 80.7. The molecule has 2 aliphatic carbocycles. The molecule has 11 aliphatic heterocycles. The summed E-state index contributed by atoms with van der Waals surface area (Å²) < 4.78 is 11.7. The molecule has 0 radical (unpaired) electrons. The lowest BCUT2D eigenvalue weighted by atomic mass is 9.80. The van der Waals surface area contributed by atoms with Gasteiger partial charge in [-0.05, 0) is 313 Å². The molecule has 3 N–H and O–H groups in total. The zero-order chi connectivity index (χ0) is 88.9. The minimum atomic E-state index is -0.0741. The van der Waals surface area contributed by atoms with Crippen LogP contribution < -0.4 is 10.1 Å². The van der Waals surface area contributed by atoms with Gasteiger partial charge in [0.15, 0.2) is 0 Å². The van der Waals surface area contributed by atoms with Crippen LogP contribution in [0.4, 0.5) is 0 Å². The van der Waals surface area contributed by atoms with Gasteiger partial charge in [-0.25, -0.2) is 0 Å². The standard InChI is InChI=1S/C14H16N2O.C13H16N2.C12H17NO.C12H17N.C11H17N.C11H15N.C10H19N.C7H15N.C6H13NO.C6H11NO.C5H11N/c1-2-4-14-11(3-1)5-6-12(16-14)10-17-13-7-8-15-9-13;1-9-7-11-10-5-3-4-6-12(10)14-13(11)8-15(9)2;1-10-8-12(9-13(10)2)14-11-6-4-3-5-7-11;1-10-12(8-9-13(10)2)11-6-4-3-5-7-11;1-9-7-10-5-3-4-6-11(10)8-12(9)2;1-9-11-6-4-3-5-10(11)7-8-12(9)2;1-8-7-9-5-3-4-6-10(9)11(8)2;1-7-5-3-4-6-8(7)2;1-5-3-6(8)4-7(5)2;1-5-3-4-6(8)7(5)2;1-5-3-4-6(5)2/h1-6,13,15H,7-10H2;3-6,9,14H,7-8H2,1-2H3;3-7,10,12H,8-9H2,1-2H3;3-7,10,12H,8-9H2,1-2H3;3-6,9-11H,7-8H2,1-2H3;3-6,9H,7-8H2,1-2H3;8-10H,3-7H2,1-2H3;7H,3-6H2,1-2H3;5-6,8H,3-4H2,1-2H3;5H,3-4H2,1-2H3;5H,3-4H2,1-2H3. The highest BCUT2D eigenvalue weighted by atomic mass is 16.5. The van der Waals surface area contributed by atoms with E-state index in [-0.39, 0.29) is 12.0 Å². The number of benzene rings is 5. The van der Waals surface area contributed by atoms with E-state index in [0.29, 0.717) is 55.1 Å². The van der Waals surface area contributed by atoms with Gasteiger partial charge in [0, 0.05) is 154 Å². The molecule has 20 rings (SSSR count). The van der Waals surface area contributed by atoms with Crippen molar-refractivity contribution in [1.29, 1.82) is 0 Å². The van der Waals surface area contributed by atoms with Gasteiger partial charge in [-0.15, -0.1) is 0 Å². The highest BCUT2D eigenvalue weighted by molar-refractivity contribution is 5.85. The fourth-order valence-corrected chi connectivity index (χ4v) is 19.9. The first-order chi connectivity index (χ1) is 59.6. The summed E-state index contributed by atoms with van der Waals surface area (Å²) in [5, 5.41) is 14.9. The number of H-pyrrole nitrogens is 1. The summed E-state index contributed by atoms with van der Waals surface area (Å²) in [4.78, 5) is 42.2. The Kier molecular flexibility index (Phi) is 40.4. The Morgan fingerprint density at radius 2 is 1.12 bits per heavy atom. The number of hydrogen-bond donors (Lipinski definition) is 3. The Hall–Kier alpha value is -6.68. The molecule has 17 nitrogen and oxygen atoms in total. The summed E-state index contributed by atoms with van der Waals surface area (Å²) in [6.45, 7) is 34.4. The first-order valence-electron chi connectivity index (χ1n) is 48.3. The molecule has 13 aliphatic rings. The van der Waals surface area contributed by atoms with Gasteiger partial charge in [-0.1, -0.05) is 159 Å². The molecule has 684 valence electrons. The van der Waals surface area contributed by atoms with Crippen molar-refractivity contribution >= 4 is 27.7 Å². The number of carbonyl (C=O) groups excluding carboxylic acids is 1. The van der Waals surface area contributed by atoms with Crippen LogP contribution in [0.1, 0.15) is 218 Å². The number of amides is 1. The van der Waals surface area contributed by atoms with Crippen LogP contribution >= 0.6 is 0 Å². The quantitative estimate of drug-likeness (QED) is 0.146. The molecule has 0 bridgehead atoms. The number of ether oxygens (including phenoxy) is 2. The van der Waals surface area contributed by atoms with Crippen LogP contribution in [0.3, 0.4) is 0 Å². The number of carbonyl (C=O) groups is 1. The summed E-state index contributed by atoms with van der Waals surface area (Å²) in [5.74, 6) is 4.64. The van der Waals surface area contributed by atoms with E-state index in [1.54, 1.807) is 4.90 Å². The number of nitrogens with one attached hydrogen (secondary N) is 2. The van der Waals surface area contributed by atoms with Gasteiger partial charge in [0.05, 0.1) is 30.0 Å². The maximum absolute atomic E-state index is 10.7. The number of aromatic amines is 1. The van der Waals surface area contributed by atoms with Crippen LogP contribution in [-0.4, -0.2) is 278 Å². The van der Waals surface area contributed by atoms with Gasteiger partial charge in [0.2, 0.25) is 5.91 Å².